The number of rotatable bonds is 7. The van der Waals surface area contributed by atoms with E-state index in [1.54, 1.807) is 19.1 Å². The highest BCUT2D eigenvalue weighted by atomic mass is 32.2. The lowest BCUT2D eigenvalue weighted by atomic mass is 10.0. The molecule has 1 heterocycles. The van der Waals surface area contributed by atoms with Crippen molar-refractivity contribution in [2.75, 3.05) is 13.1 Å². The van der Waals surface area contributed by atoms with Crippen LogP contribution in [0.15, 0.2) is 53.4 Å². The third-order valence-corrected chi connectivity index (χ3v) is 7.82. The number of amides is 2. The summed E-state index contributed by atoms with van der Waals surface area (Å²) in [5.41, 5.74) is 3.77. The van der Waals surface area contributed by atoms with E-state index in [9.17, 15) is 18.0 Å². The van der Waals surface area contributed by atoms with Gasteiger partial charge in [-0.2, -0.15) is 4.31 Å². The second kappa shape index (κ2) is 10.3. The first-order chi connectivity index (χ1) is 15.7. The van der Waals surface area contributed by atoms with Gasteiger partial charge in [-0.05, 0) is 48.7 Å². The summed E-state index contributed by atoms with van der Waals surface area (Å²) in [6, 6.07) is 11.9. The van der Waals surface area contributed by atoms with Crippen LogP contribution in [0.25, 0.3) is 0 Å². The number of carbonyl (C=O) groups is 2. The van der Waals surface area contributed by atoms with E-state index in [0.29, 0.717) is 12.4 Å². The molecule has 3 rings (SSSR count). The predicted octanol–water partition coefficient (Wildman–Crippen LogP) is 1.94. The number of nitrogens with one attached hydrogen (secondary N) is 1. The van der Waals surface area contributed by atoms with Crippen molar-refractivity contribution in [1.82, 2.24) is 14.7 Å². The van der Waals surface area contributed by atoms with Crippen molar-refractivity contribution >= 4 is 21.8 Å². The normalized spacial score (nSPS) is 19.2. The summed E-state index contributed by atoms with van der Waals surface area (Å²) in [5.74, 6) is -0.660. The number of hydrogen-bond donors (Lipinski definition) is 2. The van der Waals surface area contributed by atoms with Crippen molar-refractivity contribution in [3.8, 4) is 5.75 Å². The van der Waals surface area contributed by atoms with Gasteiger partial charge in [0.1, 0.15) is 18.4 Å². The highest BCUT2D eigenvalue weighted by Gasteiger charge is 2.45. The van der Waals surface area contributed by atoms with Crippen LogP contribution in [0, 0.1) is 0 Å². The fraction of sp³-hybridized carbons (Fsp3) is 0.391. The first-order valence-electron chi connectivity index (χ1n) is 10.7. The number of piperazine rings is 1. The minimum Gasteiger partial charge on any atom is -0.489 e. The standard InChI is InChI=1S/C23H29N3O6S/c1-4-18-7-5-6-8-19(18)15-32-20-9-11-21(12-10-20)33(30,31)26-14-13-25(17(3)27)16(2)22(26)23(28)24-29/h5-12,16,22,29H,4,13-15H2,1-3H3,(H,24,28)/t16-,22+/m0/s1. The molecule has 0 spiro atoms. The number of hydrogen-bond acceptors (Lipinski definition) is 6. The van der Waals surface area contributed by atoms with E-state index in [1.807, 2.05) is 24.3 Å². The van der Waals surface area contributed by atoms with Crippen LogP contribution in [0.1, 0.15) is 31.9 Å². The molecule has 2 aromatic rings. The summed E-state index contributed by atoms with van der Waals surface area (Å²) in [7, 11) is -4.08. The molecule has 178 valence electrons. The number of carbonyl (C=O) groups excluding carboxylic acids is 2. The summed E-state index contributed by atoms with van der Waals surface area (Å²) < 4.78 is 33.5. The Morgan fingerprint density at radius 3 is 2.30 bits per heavy atom. The zero-order chi connectivity index (χ0) is 24.2. The van der Waals surface area contributed by atoms with E-state index in [4.69, 9.17) is 9.94 Å². The van der Waals surface area contributed by atoms with Gasteiger partial charge in [-0.25, -0.2) is 13.9 Å². The van der Waals surface area contributed by atoms with Crippen molar-refractivity contribution < 1.29 is 28.0 Å². The third-order valence-electron chi connectivity index (χ3n) is 5.93. The maximum atomic E-state index is 13.3. The Labute approximate surface area is 194 Å². The Hall–Kier alpha value is -2.95. The van der Waals surface area contributed by atoms with Crippen LogP contribution in [0.3, 0.4) is 0 Å². The zero-order valence-corrected chi connectivity index (χ0v) is 19.7. The number of benzene rings is 2. The molecule has 0 unspecified atom stereocenters. The zero-order valence-electron chi connectivity index (χ0n) is 18.9. The summed E-state index contributed by atoms with van der Waals surface area (Å²) in [6.07, 6.45) is 0.884. The topological polar surface area (TPSA) is 116 Å². The number of hydroxylamine groups is 1. The number of aryl methyl sites for hydroxylation is 1. The van der Waals surface area contributed by atoms with Gasteiger partial charge in [-0.3, -0.25) is 14.8 Å². The number of nitrogens with zero attached hydrogens (tertiary/aromatic N) is 2. The molecule has 2 atom stereocenters. The molecule has 1 saturated heterocycles. The van der Waals surface area contributed by atoms with Crippen LogP contribution in [-0.4, -0.2) is 59.8 Å². The van der Waals surface area contributed by atoms with Crippen LogP contribution < -0.4 is 10.2 Å². The van der Waals surface area contributed by atoms with Crippen molar-refractivity contribution in [3.05, 3.63) is 59.7 Å². The van der Waals surface area contributed by atoms with Gasteiger partial charge in [0.25, 0.3) is 5.91 Å². The van der Waals surface area contributed by atoms with E-state index < -0.39 is 28.0 Å². The predicted molar refractivity (Wildman–Crippen MR) is 121 cm³/mol. The average Bonchev–Trinajstić information content (AvgIpc) is 2.82. The molecule has 0 bridgehead atoms. The lowest BCUT2D eigenvalue weighted by molar-refractivity contribution is -0.142. The van der Waals surface area contributed by atoms with Crippen molar-refractivity contribution in [2.45, 2.75) is 50.8 Å². The van der Waals surface area contributed by atoms with Gasteiger partial charge >= 0.3 is 0 Å². The van der Waals surface area contributed by atoms with Gasteiger partial charge in [0, 0.05) is 20.0 Å². The van der Waals surface area contributed by atoms with Gasteiger partial charge in [0.05, 0.1) is 10.9 Å². The van der Waals surface area contributed by atoms with E-state index in [2.05, 4.69) is 6.92 Å². The van der Waals surface area contributed by atoms with Gasteiger partial charge in [-0.1, -0.05) is 31.2 Å². The van der Waals surface area contributed by atoms with Gasteiger partial charge in [0.2, 0.25) is 15.9 Å². The molecule has 0 aliphatic carbocycles. The Bertz CT molecular complexity index is 1100. The lowest BCUT2D eigenvalue weighted by Gasteiger charge is -2.43. The highest BCUT2D eigenvalue weighted by molar-refractivity contribution is 7.89. The molecule has 1 fully saturated rings. The molecule has 33 heavy (non-hydrogen) atoms. The van der Waals surface area contributed by atoms with Gasteiger partial charge in [0.15, 0.2) is 0 Å². The van der Waals surface area contributed by atoms with E-state index in [-0.39, 0.29) is 23.9 Å². The molecule has 2 aromatic carbocycles. The first kappa shape index (κ1) is 24.7. The Kier molecular flexibility index (Phi) is 7.72. The molecular formula is C23H29N3O6S. The van der Waals surface area contributed by atoms with Crippen LogP contribution in [0.2, 0.25) is 0 Å². The van der Waals surface area contributed by atoms with E-state index in [0.717, 1.165) is 16.3 Å². The van der Waals surface area contributed by atoms with Crippen molar-refractivity contribution in [2.24, 2.45) is 0 Å². The number of sulfonamides is 1. The SMILES string of the molecule is CCc1ccccc1COc1ccc(S(=O)(=O)N2CCN(C(C)=O)[C@@H](C)[C@@H]2C(=O)NO)cc1. The Morgan fingerprint density at radius 1 is 1.09 bits per heavy atom. The second-order valence-electron chi connectivity index (χ2n) is 7.87. The molecule has 1 aliphatic rings. The molecule has 0 radical (unpaired) electrons. The summed E-state index contributed by atoms with van der Waals surface area (Å²) in [6.45, 7) is 5.43. The van der Waals surface area contributed by atoms with Gasteiger partial charge < -0.3 is 9.64 Å². The first-order valence-corrected chi connectivity index (χ1v) is 12.2. The fourth-order valence-corrected chi connectivity index (χ4v) is 5.78. The molecule has 9 nitrogen and oxygen atoms in total. The quantitative estimate of drug-likeness (QED) is 0.467. The van der Waals surface area contributed by atoms with Crippen LogP contribution >= 0.6 is 0 Å². The summed E-state index contributed by atoms with van der Waals surface area (Å²) in [5, 5.41) is 9.17. The van der Waals surface area contributed by atoms with Crippen LogP contribution in [-0.2, 0) is 32.6 Å². The largest absolute Gasteiger partial charge is 0.489 e. The van der Waals surface area contributed by atoms with Crippen LogP contribution in [0.5, 0.6) is 5.75 Å². The lowest BCUT2D eigenvalue weighted by Crippen LogP contribution is -2.65. The Morgan fingerprint density at radius 2 is 1.73 bits per heavy atom. The fourth-order valence-electron chi connectivity index (χ4n) is 4.14. The molecular weight excluding hydrogens is 446 g/mol. The third kappa shape index (κ3) is 5.18. The average molecular weight is 476 g/mol. The summed E-state index contributed by atoms with van der Waals surface area (Å²) in [4.78, 5) is 25.6. The molecule has 0 saturated carbocycles. The van der Waals surface area contributed by atoms with Crippen molar-refractivity contribution in [3.63, 3.8) is 0 Å². The monoisotopic (exact) mass is 475 g/mol. The van der Waals surface area contributed by atoms with E-state index in [1.165, 1.54) is 35.0 Å². The Balaban J connectivity index is 1.80. The molecule has 2 amide bonds. The highest BCUT2D eigenvalue weighted by Crippen LogP contribution is 2.27. The molecule has 10 heteroatoms. The summed E-state index contributed by atoms with van der Waals surface area (Å²) >= 11 is 0. The van der Waals surface area contributed by atoms with Crippen molar-refractivity contribution in [1.29, 1.82) is 0 Å². The van der Waals surface area contributed by atoms with Gasteiger partial charge in [-0.15, -0.1) is 0 Å². The smallest absolute Gasteiger partial charge is 0.263 e. The molecule has 2 N–H and O–H groups in total. The molecule has 1 aliphatic heterocycles. The second-order valence-corrected chi connectivity index (χ2v) is 9.76. The molecule has 0 aromatic heterocycles. The minimum atomic E-state index is -4.08. The maximum absolute atomic E-state index is 13.3. The maximum Gasteiger partial charge on any atom is 0.263 e. The van der Waals surface area contributed by atoms with E-state index >= 15 is 0 Å². The van der Waals surface area contributed by atoms with Crippen LogP contribution in [0.4, 0.5) is 0 Å². The minimum absolute atomic E-state index is 0.0111. The number of ether oxygens (including phenoxy) is 1.